The van der Waals surface area contributed by atoms with Crippen molar-refractivity contribution in [3.05, 3.63) is 102 Å². The van der Waals surface area contributed by atoms with E-state index in [1.54, 1.807) is 18.2 Å². The smallest absolute Gasteiger partial charge is 0.230 e. The van der Waals surface area contributed by atoms with Gasteiger partial charge in [-0.25, -0.2) is 4.98 Å². The summed E-state index contributed by atoms with van der Waals surface area (Å²) < 4.78 is 6.15. The second-order valence-corrected chi connectivity index (χ2v) is 8.96. The van der Waals surface area contributed by atoms with Crippen molar-refractivity contribution in [1.82, 2.24) is 9.97 Å². The molecular formula is C31H23N2O2Pt-. The molecule has 180 valence electrons. The monoisotopic (exact) mass is 650 g/mol. The van der Waals surface area contributed by atoms with Crippen LogP contribution in [0.3, 0.4) is 0 Å². The van der Waals surface area contributed by atoms with Crippen LogP contribution in [0, 0.1) is 26.8 Å². The number of oxazole rings is 1. The van der Waals surface area contributed by atoms with Crippen LogP contribution in [0.25, 0.3) is 55.7 Å². The number of hydrogen-bond acceptors (Lipinski definition) is 4. The molecule has 0 radical (unpaired) electrons. The van der Waals surface area contributed by atoms with Crippen molar-refractivity contribution in [2.45, 2.75) is 20.8 Å². The van der Waals surface area contributed by atoms with Crippen molar-refractivity contribution in [2.24, 2.45) is 0 Å². The average molecular weight is 651 g/mol. The van der Waals surface area contributed by atoms with E-state index in [9.17, 15) is 5.11 Å². The fourth-order valence-corrected chi connectivity index (χ4v) is 4.66. The fourth-order valence-electron chi connectivity index (χ4n) is 4.66. The summed E-state index contributed by atoms with van der Waals surface area (Å²) in [6.07, 6.45) is 1.86. The summed E-state index contributed by atoms with van der Waals surface area (Å²) in [6, 6.07) is 27.4. The number of benzene rings is 4. The van der Waals surface area contributed by atoms with Gasteiger partial charge in [0, 0.05) is 32.8 Å². The van der Waals surface area contributed by atoms with Crippen molar-refractivity contribution < 1.29 is 30.6 Å². The van der Waals surface area contributed by atoms with Gasteiger partial charge in [-0.15, -0.1) is 34.9 Å². The van der Waals surface area contributed by atoms with E-state index in [-0.39, 0.29) is 26.8 Å². The quantitative estimate of drug-likeness (QED) is 0.199. The predicted molar refractivity (Wildman–Crippen MR) is 140 cm³/mol. The van der Waals surface area contributed by atoms with E-state index < -0.39 is 0 Å². The summed E-state index contributed by atoms with van der Waals surface area (Å²) in [4.78, 5) is 9.50. The summed E-state index contributed by atoms with van der Waals surface area (Å²) >= 11 is 0. The van der Waals surface area contributed by atoms with Crippen molar-refractivity contribution in [3.8, 4) is 39.5 Å². The van der Waals surface area contributed by atoms with E-state index >= 15 is 0 Å². The number of phenolic OH excluding ortho intramolecular Hbond substituents is 1. The molecule has 0 atom stereocenters. The number of phenols is 1. The van der Waals surface area contributed by atoms with E-state index in [4.69, 9.17) is 9.40 Å². The van der Waals surface area contributed by atoms with Gasteiger partial charge >= 0.3 is 0 Å². The Morgan fingerprint density at radius 3 is 2.25 bits per heavy atom. The molecule has 5 heteroatoms. The van der Waals surface area contributed by atoms with Crippen molar-refractivity contribution in [3.63, 3.8) is 0 Å². The van der Waals surface area contributed by atoms with Crippen molar-refractivity contribution in [1.29, 1.82) is 0 Å². The molecule has 0 fully saturated rings. The molecule has 0 aliphatic rings. The summed E-state index contributed by atoms with van der Waals surface area (Å²) in [6.45, 7) is 6.20. The Labute approximate surface area is 223 Å². The molecule has 0 saturated heterocycles. The third-order valence-electron chi connectivity index (χ3n) is 6.46. The molecule has 2 heterocycles. The number of hydrogen-bond donors (Lipinski definition) is 1. The molecule has 1 N–H and O–H groups in total. The largest absolute Gasteiger partial charge is 0.507 e. The van der Waals surface area contributed by atoms with E-state index in [1.807, 2.05) is 31.3 Å². The van der Waals surface area contributed by atoms with Crippen molar-refractivity contribution >= 4 is 22.0 Å². The average Bonchev–Trinajstić information content (AvgIpc) is 3.30. The number of aromatic nitrogens is 2. The second kappa shape index (κ2) is 9.37. The Morgan fingerprint density at radius 1 is 0.750 bits per heavy atom. The molecule has 6 aromatic rings. The first-order valence-corrected chi connectivity index (χ1v) is 11.6. The van der Waals surface area contributed by atoms with Crippen LogP contribution in [0.2, 0.25) is 0 Å². The first kappa shape index (κ1) is 24.0. The molecule has 0 bridgehead atoms. The number of pyridine rings is 1. The van der Waals surface area contributed by atoms with Crippen LogP contribution in [0.5, 0.6) is 5.75 Å². The number of nitrogens with zero attached hydrogens (tertiary/aromatic N) is 2. The summed E-state index contributed by atoms with van der Waals surface area (Å²) in [5, 5.41) is 11.5. The van der Waals surface area contributed by atoms with Gasteiger partial charge in [0.05, 0.1) is 11.1 Å². The number of fused-ring (bicyclic) bond motifs is 2. The fraction of sp³-hybridized carbons (Fsp3) is 0.0968. The second-order valence-electron chi connectivity index (χ2n) is 8.96. The topological polar surface area (TPSA) is 59.2 Å². The maximum atomic E-state index is 10.3. The van der Waals surface area contributed by atoms with Gasteiger partial charge in [0.2, 0.25) is 5.89 Å². The number of aromatic hydroxyl groups is 1. The van der Waals surface area contributed by atoms with Gasteiger partial charge in [-0.05, 0) is 48.6 Å². The van der Waals surface area contributed by atoms with Gasteiger partial charge in [0.15, 0.2) is 5.58 Å². The molecule has 0 spiro atoms. The minimum absolute atomic E-state index is 0. The number of para-hydroxylation sites is 2. The zero-order chi connectivity index (χ0) is 24.1. The molecule has 2 aromatic heterocycles. The predicted octanol–water partition coefficient (Wildman–Crippen LogP) is 7.81. The van der Waals surface area contributed by atoms with E-state index in [0.717, 1.165) is 49.8 Å². The standard InChI is InChI=1S/C31H23N2O2.Pt/c1-18-15-21(24-9-6-8-23-19(2)13-14-32-28(23)24)17-22(16-18)25-12-11-20(3)30-29(25)33-31(35-30)26-7-4-5-10-27(26)34;/h4-16,34H,1-3H3;/q-1;. The summed E-state index contributed by atoms with van der Waals surface area (Å²) in [7, 11) is 0. The zero-order valence-corrected chi connectivity index (χ0v) is 22.3. The van der Waals surface area contributed by atoms with Crippen molar-refractivity contribution in [2.75, 3.05) is 0 Å². The van der Waals surface area contributed by atoms with Crippen LogP contribution in [0.4, 0.5) is 0 Å². The van der Waals surface area contributed by atoms with Gasteiger partial charge < -0.3 is 9.52 Å². The van der Waals surface area contributed by atoms with Gasteiger partial charge in [-0.3, -0.25) is 4.98 Å². The Hall–Kier alpha value is -3.75. The van der Waals surface area contributed by atoms with E-state index in [2.05, 4.69) is 61.3 Å². The minimum Gasteiger partial charge on any atom is -0.507 e. The molecule has 0 unspecified atom stereocenters. The maximum absolute atomic E-state index is 10.3. The SMILES string of the molecule is Cc1cc(-c2cccc3c(C)ccnc23)[c-]c(-c2ccc(C)c3oc(-c4ccccc4O)nc23)c1.[Pt]. The molecule has 0 amide bonds. The van der Waals surface area contributed by atoms with Gasteiger partial charge in [-0.1, -0.05) is 60.5 Å². The molecular weight excluding hydrogens is 627 g/mol. The normalized spacial score (nSPS) is 11.1. The molecule has 0 saturated carbocycles. The minimum atomic E-state index is 0. The zero-order valence-electron chi connectivity index (χ0n) is 20.1. The van der Waals surface area contributed by atoms with Crippen LogP contribution < -0.4 is 0 Å². The van der Waals surface area contributed by atoms with Gasteiger partial charge in [-0.2, -0.15) is 0 Å². The third-order valence-corrected chi connectivity index (χ3v) is 6.46. The van der Waals surface area contributed by atoms with Crippen LogP contribution >= 0.6 is 0 Å². The summed E-state index contributed by atoms with van der Waals surface area (Å²) in [5.41, 5.74) is 10.2. The van der Waals surface area contributed by atoms with Crippen LogP contribution in [-0.4, -0.2) is 15.1 Å². The molecule has 6 rings (SSSR count). The molecule has 4 nitrogen and oxygen atoms in total. The molecule has 0 aliphatic carbocycles. The summed E-state index contributed by atoms with van der Waals surface area (Å²) in [5.74, 6) is 0.539. The molecule has 36 heavy (non-hydrogen) atoms. The van der Waals surface area contributed by atoms with Crippen LogP contribution in [0.1, 0.15) is 16.7 Å². The number of aryl methyl sites for hydroxylation is 3. The van der Waals surface area contributed by atoms with Crippen LogP contribution in [-0.2, 0) is 21.1 Å². The maximum Gasteiger partial charge on any atom is 0.230 e. The molecule has 4 aromatic carbocycles. The first-order chi connectivity index (χ1) is 17.0. The van der Waals surface area contributed by atoms with Crippen LogP contribution in [0.15, 0.2) is 83.4 Å². The van der Waals surface area contributed by atoms with E-state index in [1.165, 1.54) is 5.56 Å². The van der Waals surface area contributed by atoms with Gasteiger partial charge in [0.1, 0.15) is 5.75 Å². The number of rotatable bonds is 3. The Morgan fingerprint density at radius 2 is 1.47 bits per heavy atom. The van der Waals surface area contributed by atoms with Gasteiger partial charge in [0.25, 0.3) is 0 Å². The molecule has 0 aliphatic heterocycles. The Balaban J connectivity index is 0.00000267. The third kappa shape index (κ3) is 4.02. The van der Waals surface area contributed by atoms with E-state index in [0.29, 0.717) is 17.0 Å². The first-order valence-electron chi connectivity index (χ1n) is 11.6. The Kier molecular flexibility index (Phi) is 6.24. The Bertz CT molecular complexity index is 1750.